The second-order valence-corrected chi connectivity index (χ2v) is 5.79. The highest BCUT2D eigenvalue weighted by Crippen LogP contribution is 2.38. The highest BCUT2D eigenvalue weighted by Gasteiger charge is 2.65. The smallest absolute Gasteiger partial charge is 0.432 e. The van der Waals surface area contributed by atoms with Crippen molar-refractivity contribution in [3.63, 3.8) is 0 Å². The molecule has 2 rings (SSSR count). The Balaban J connectivity index is 2.43. The van der Waals surface area contributed by atoms with Crippen LogP contribution in [0, 0.1) is 0 Å². The average Bonchev–Trinajstić information content (AvgIpc) is 2.75. The van der Waals surface area contributed by atoms with Crippen molar-refractivity contribution in [1.82, 2.24) is 4.98 Å². The summed E-state index contributed by atoms with van der Waals surface area (Å²) in [7, 11) is -6.33. The molecule has 1 atom stereocenters. The van der Waals surface area contributed by atoms with E-state index in [9.17, 15) is 30.4 Å². The maximum atomic E-state index is 13.3. The number of alkyl halides is 5. The molecule has 1 unspecified atom stereocenters. The molecule has 0 aliphatic carbocycles. The minimum Gasteiger partial charge on any atom is -0.458 e. The van der Waals surface area contributed by atoms with Gasteiger partial charge in [0.25, 0.3) is 6.10 Å². The van der Waals surface area contributed by atoms with Crippen LogP contribution < -0.4 is 4.74 Å². The third-order valence-electron chi connectivity index (χ3n) is 2.70. The fraction of sp³-hybridized carbons (Fsp3) is 0.273. The van der Waals surface area contributed by atoms with Gasteiger partial charge in [0.15, 0.2) is 5.88 Å². The molecule has 1 aromatic carbocycles. The number of halogens is 5. The molecule has 0 fully saturated rings. The Bertz CT molecular complexity index is 750. The van der Waals surface area contributed by atoms with Crippen LogP contribution in [0.25, 0.3) is 10.9 Å². The normalized spacial score (nSPS) is 15.0. The third kappa shape index (κ3) is 2.99. The maximum absolute atomic E-state index is 13.3. The number of benzene rings is 1. The first kappa shape index (κ1) is 16.5. The van der Waals surface area contributed by atoms with Crippen LogP contribution in [0.2, 0.25) is 0 Å². The second-order valence-electron chi connectivity index (χ2n) is 4.30. The monoisotopic (exact) mass is 345 g/mol. The zero-order valence-corrected chi connectivity index (χ0v) is 11.3. The quantitative estimate of drug-likeness (QED) is 0.660. The molecule has 11 heteroatoms. The van der Waals surface area contributed by atoms with Crippen LogP contribution in [0.4, 0.5) is 22.0 Å². The first-order valence-electron chi connectivity index (χ1n) is 5.59. The van der Waals surface area contributed by atoms with Crippen molar-refractivity contribution in [3.05, 3.63) is 30.3 Å². The molecule has 0 aliphatic rings. The van der Waals surface area contributed by atoms with Gasteiger partial charge >= 0.3 is 21.5 Å². The predicted octanol–water partition coefficient (Wildman–Crippen LogP) is 2.96. The van der Waals surface area contributed by atoms with E-state index in [1.807, 2.05) is 0 Å². The van der Waals surface area contributed by atoms with Gasteiger partial charge in [-0.25, -0.2) is 0 Å². The Morgan fingerprint density at radius 2 is 1.73 bits per heavy atom. The average molecular weight is 345 g/mol. The Labute approximate surface area is 120 Å². The van der Waals surface area contributed by atoms with Crippen molar-refractivity contribution in [1.29, 1.82) is 0 Å². The van der Waals surface area contributed by atoms with Crippen LogP contribution >= 0.6 is 0 Å². The molecule has 0 saturated carbocycles. The lowest BCUT2D eigenvalue weighted by Crippen LogP contribution is -2.53. The number of rotatable bonds is 4. The van der Waals surface area contributed by atoms with Crippen molar-refractivity contribution >= 4 is 21.0 Å². The van der Waals surface area contributed by atoms with E-state index in [1.54, 1.807) is 6.07 Å². The van der Waals surface area contributed by atoms with E-state index in [-0.39, 0.29) is 0 Å². The molecule has 0 spiro atoms. The van der Waals surface area contributed by atoms with Gasteiger partial charge in [-0.3, -0.25) is 4.55 Å². The van der Waals surface area contributed by atoms with Crippen LogP contribution in [0.3, 0.4) is 0 Å². The topological polar surface area (TPSA) is 79.4 Å². The minimum atomic E-state index is -6.33. The first-order valence-corrected chi connectivity index (χ1v) is 7.03. The molecule has 22 heavy (non-hydrogen) atoms. The van der Waals surface area contributed by atoms with E-state index >= 15 is 0 Å². The van der Waals surface area contributed by atoms with Gasteiger partial charge in [-0.15, -0.1) is 0 Å². The second kappa shape index (κ2) is 5.09. The van der Waals surface area contributed by atoms with E-state index in [1.165, 1.54) is 18.2 Å². The number of nitrogens with one attached hydrogen (secondary N) is 1. The molecule has 5 nitrogen and oxygen atoms in total. The van der Waals surface area contributed by atoms with Gasteiger partial charge in [0.2, 0.25) is 0 Å². The van der Waals surface area contributed by atoms with E-state index in [2.05, 4.69) is 9.72 Å². The number of H-pyrrole nitrogens is 1. The molecule has 0 aliphatic heterocycles. The van der Waals surface area contributed by atoms with Crippen molar-refractivity contribution < 1.29 is 39.7 Å². The number of aromatic nitrogens is 1. The molecule has 1 aromatic heterocycles. The van der Waals surface area contributed by atoms with Crippen molar-refractivity contribution in [2.24, 2.45) is 0 Å². The number of para-hydroxylation sites is 1. The maximum Gasteiger partial charge on any atom is 0.432 e. The van der Waals surface area contributed by atoms with Gasteiger partial charge in [-0.1, -0.05) is 18.2 Å². The Morgan fingerprint density at radius 3 is 2.23 bits per heavy atom. The summed E-state index contributed by atoms with van der Waals surface area (Å²) in [6.45, 7) is 0. The lowest BCUT2D eigenvalue weighted by Gasteiger charge is -2.26. The molecule has 2 aromatic rings. The number of ether oxygens (including phenoxy) is 1. The SMILES string of the molecule is O=S(=O)(O)C(F)(F)C(Oc1cc2ccccc2[nH]1)C(F)(F)F. The van der Waals surface area contributed by atoms with Gasteiger partial charge in [0.05, 0.1) is 0 Å². The number of hydrogen-bond donors (Lipinski definition) is 2. The third-order valence-corrected chi connectivity index (χ3v) is 3.60. The largest absolute Gasteiger partial charge is 0.458 e. The van der Waals surface area contributed by atoms with Crippen molar-refractivity contribution in [3.8, 4) is 5.88 Å². The van der Waals surface area contributed by atoms with Gasteiger partial charge < -0.3 is 9.72 Å². The van der Waals surface area contributed by atoms with Crippen LogP contribution in [0.1, 0.15) is 0 Å². The summed E-state index contributed by atoms with van der Waals surface area (Å²) in [4.78, 5) is 2.29. The minimum absolute atomic E-state index is 0.300. The summed E-state index contributed by atoms with van der Waals surface area (Å²) in [5, 5.41) is -5.20. The summed E-state index contributed by atoms with van der Waals surface area (Å²) >= 11 is 0. The van der Waals surface area contributed by atoms with Gasteiger partial charge in [0.1, 0.15) is 0 Å². The highest BCUT2D eigenvalue weighted by atomic mass is 32.2. The number of hydrogen-bond acceptors (Lipinski definition) is 3. The van der Waals surface area contributed by atoms with E-state index < -0.39 is 33.5 Å². The Morgan fingerprint density at radius 1 is 1.14 bits per heavy atom. The van der Waals surface area contributed by atoms with Crippen LogP contribution in [0.15, 0.2) is 30.3 Å². The van der Waals surface area contributed by atoms with Gasteiger partial charge in [0, 0.05) is 17.0 Å². The Hall–Kier alpha value is -1.88. The van der Waals surface area contributed by atoms with Crippen LogP contribution in [-0.4, -0.2) is 35.5 Å². The van der Waals surface area contributed by atoms with E-state index in [4.69, 9.17) is 4.55 Å². The summed E-state index contributed by atoms with van der Waals surface area (Å²) < 4.78 is 98.2. The van der Waals surface area contributed by atoms with Gasteiger partial charge in [-0.05, 0) is 6.07 Å². The number of aromatic amines is 1. The zero-order chi connectivity index (χ0) is 16.8. The summed E-state index contributed by atoms with van der Waals surface area (Å²) in [6, 6.07) is 7.01. The molecule has 2 N–H and O–H groups in total. The highest BCUT2D eigenvalue weighted by molar-refractivity contribution is 7.86. The molecule has 0 saturated heterocycles. The lowest BCUT2D eigenvalue weighted by molar-refractivity contribution is -0.239. The molecule has 0 radical (unpaired) electrons. The first-order chi connectivity index (χ1) is 9.93. The summed E-state index contributed by atoms with van der Waals surface area (Å²) in [5.41, 5.74) is 0.300. The summed E-state index contributed by atoms with van der Waals surface area (Å²) in [5.74, 6) is -0.716. The number of fused-ring (bicyclic) bond motifs is 1. The zero-order valence-electron chi connectivity index (χ0n) is 10.4. The van der Waals surface area contributed by atoms with Crippen LogP contribution in [-0.2, 0) is 10.1 Å². The lowest BCUT2D eigenvalue weighted by atomic mass is 10.2. The summed E-state index contributed by atoms with van der Waals surface area (Å²) in [6.07, 6.45) is -9.81. The van der Waals surface area contributed by atoms with Crippen molar-refractivity contribution in [2.45, 2.75) is 17.5 Å². The molecule has 0 bridgehead atoms. The van der Waals surface area contributed by atoms with Crippen LogP contribution in [0.5, 0.6) is 5.88 Å². The van der Waals surface area contributed by atoms with E-state index in [0.717, 1.165) is 6.07 Å². The van der Waals surface area contributed by atoms with Gasteiger partial charge in [-0.2, -0.15) is 30.4 Å². The molecular weight excluding hydrogens is 337 g/mol. The molecule has 1 heterocycles. The standard InChI is InChI=1S/C11H8F5NO4S/c12-10(13,14)9(11(15,16)22(18,19)20)21-8-5-6-3-1-2-4-7(6)17-8/h1-5,9,17H,(H,18,19,20). The van der Waals surface area contributed by atoms with Crippen molar-refractivity contribution in [2.75, 3.05) is 0 Å². The van der Waals surface area contributed by atoms with E-state index in [0.29, 0.717) is 10.9 Å². The fourth-order valence-corrected chi connectivity index (χ4v) is 2.15. The molecular formula is C11H8F5NO4S. The molecule has 122 valence electrons. The molecule has 0 amide bonds. The Kier molecular flexibility index (Phi) is 3.81. The predicted molar refractivity (Wildman–Crippen MR) is 65.3 cm³/mol. The fourth-order valence-electron chi connectivity index (χ4n) is 1.70.